The Labute approximate surface area is 135 Å². The van der Waals surface area contributed by atoms with Crippen LogP contribution in [-0.2, 0) is 6.54 Å². The molecule has 0 aliphatic rings. The predicted molar refractivity (Wildman–Crippen MR) is 93.2 cm³/mol. The van der Waals surface area contributed by atoms with Gasteiger partial charge in [-0.1, -0.05) is 36.4 Å². The molecule has 0 spiro atoms. The number of hydrogen-bond acceptors (Lipinski definition) is 2. The summed E-state index contributed by atoms with van der Waals surface area (Å²) in [6.45, 7) is 2.96. The molecule has 2 aromatic carbocycles. The number of hydrogen-bond donors (Lipinski definition) is 0. The van der Waals surface area contributed by atoms with Crippen molar-refractivity contribution < 1.29 is 0 Å². The molecular weight excluding hydrogens is 282 g/mol. The van der Waals surface area contributed by atoms with E-state index in [2.05, 4.69) is 58.9 Å². The monoisotopic (exact) mass is 299 g/mol. The van der Waals surface area contributed by atoms with Crippen LogP contribution >= 0.6 is 0 Å². The Hall–Kier alpha value is -2.94. The Balaban J connectivity index is 1.92. The number of nitrogens with zero attached hydrogens (tertiary/aromatic N) is 3. The zero-order valence-corrected chi connectivity index (χ0v) is 13.0. The van der Waals surface area contributed by atoms with Gasteiger partial charge in [0.05, 0.1) is 11.0 Å². The van der Waals surface area contributed by atoms with Gasteiger partial charge < -0.3 is 4.57 Å². The topological polar surface area (TPSA) is 30.7 Å². The summed E-state index contributed by atoms with van der Waals surface area (Å²) in [6.07, 6.45) is 3.62. The molecule has 23 heavy (non-hydrogen) atoms. The number of fused-ring (bicyclic) bond motifs is 1. The van der Waals surface area contributed by atoms with Crippen molar-refractivity contribution in [1.82, 2.24) is 14.5 Å². The van der Waals surface area contributed by atoms with Crippen molar-refractivity contribution >= 4 is 11.0 Å². The van der Waals surface area contributed by atoms with E-state index in [1.54, 1.807) is 0 Å². The minimum Gasteiger partial charge on any atom is -0.319 e. The van der Waals surface area contributed by atoms with Crippen molar-refractivity contribution in [2.75, 3.05) is 0 Å². The molecular formula is C20H17N3. The molecule has 0 bridgehead atoms. The molecule has 3 nitrogen and oxygen atoms in total. The fraction of sp³-hybridized carbons (Fsp3) is 0.100. The lowest BCUT2D eigenvalue weighted by molar-refractivity contribution is 0.828. The smallest absolute Gasteiger partial charge is 0.141 e. The van der Waals surface area contributed by atoms with Gasteiger partial charge in [0.25, 0.3) is 0 Å². The van der Waals surface area contributed by atoms with Gasteiger partial charge in [-0.3, -0.25) is 4.98 Å². The summed E-state index contributed by atoms with van der Waals surface area (Å²) in [5.41, 5.74) is 5.87. The number of rotatable bonds is 3. The number of aromatic nitrogens is 3. The SMILES string of the molecule is Cc1ccccc1Cn1c(-c2ccncc2)nc2ccccc21. The number of benzene rings is 2. The molecule has 4 aromatic rings. The Morgan fingerprint density at radius 3 is 2.43 bits per heavy atom. The van der Waals surface area contributed by atoms with Crippen LogP contribution < -0.4 is 0 Å². The second-order valence-corrected chi connectivity index (χ2v) is 5.67. The largest absolute Gasteiger partial charge is 0.319 e. The average molecular weight is 299 g/mol. The van der Waals surface area contributed by atoms with Gasteiger partial charge in [-0.05, 0) is 42.3 Å². The summed E-state index contributed by atoms with van der Waals surface area (Å²) in [6, 6.07) is 20.8. The van der Waals surface area contributed by atoms with E-state index in [4.69, 9.17) is 4.98 Å². The van der Waals surface area contributed by atoms with E-state index in [1.165, 1.54) is 11.1 Å². The van der Waals surface area contributed by atoms with E-state index in [9.17, 15) is 0 Å². The third-order valence-corrected chi connectivity index (χ3v) is 4.18. The molecule has 0 amide bonds. The Bertz CT molecular complexity index is 955. The first-order chi connectivity index (χ1) is 11.3. The summed E-state index contributed by atoms with van der Waals surface area (Å²) in [5.74, 6) is 0.983. The summed E-state index contributed by atoms with van der Waals surface area (Å²) < 4.78 is 2.28. The molecule has 0 N–H and O–H groups in total. The van der Waals surface area contributed by atoms with Crippen molar-refractivity contribution in [2.45, 2.75) is 13.5 Å². The molecule has 2 heterocycles. The summed E-state index contributed by atoms with van der Waals surface area (Å²) in [4.78, 5) is 8.96. The van der Waals surface area contributed by atoms with Crippen LogP contribution in [0.15, 0.2) is 73.1 Å². The first-order valence-electron chi connectivity index (χ1n) is 7.73. The second-order valence-electron chi connectivity index (χ2n) is 5.67. The lowest BCUT2D eigenvalue weighted by Crippen LogP contribution is -2.03. The number of para-hydroxylation sites is 2. The lowest BCUT2D eigenvalue weighted by atomic mass is 10.1. The summed E-state index contributed by atoms with van der Waals surface area (Å²) >= 11 is 0. The molecule has 0 aliphatic carbocycles. The van der Waals surface area contributed by atoms with E-state index in [-0.39, 0.29) is 0 Å². The third-order valence-electron chi connectivity index (χ3n) is 4.18. The Kier molecular flexibility index (Phi) is 3.39. The molecule has 2 aromatic heterocycles. The van der Waals surface area contributed by atoms with E-state index in [1.807, 2.05) is 30.6 Å². The first-order valence-corrected chi connectivity index (χ1v) is 7.73. The zero-order chi connectivity index (χ0) is 15.6. The van der Waals surface area contributed by atoms with Gasteiger partial charge in [0.15, 0.2) is 0 Å². The summed E-state index contributed by atoms with van der Waals surface area (Å²) in [7, 11) is 0. The maximum atomic E-state index is 4.84. The van der Waals surface area contributed by atoms with Crippen LogP contribution in [0, 0.1) is 6.92 Å². The molecule has 112 valence electrons. The van der Waals surface area contributed by atoms with Crippen LogP contribution in [0.5, 0.6) is 0 Å². The minimum atomic E-state index is 0.810. The van der Waals surface area contributed by atoms with Crippen molar-refractivity contribution in [1.29, 1.82) is 0 Å². The van der Waals surface area contributed by atoms with E-state index in [0.29, 0.717) is 0 Å². The highest BCUT2D eigenvalue weighted by Gasteiger charge is 2.13. The highest BCUT2D eigenvalue weighted by molar-refractivity contribution is 5.80. The van der Waals surface area contributed by atoms with E-state index in [0.717, 1.165) is 29.0 Å². The van der Waals surface area contributed by atoms with Gasteiger partial charge in [0.1, 0.15) is 5.82 Å². The zero-order valence-electron chi connectivity index (χ0n) is 13.0. The molecule has 0 radical (unpaired) electrons. The minimum absolute atomic E-state index is 0.810. The van der Waals surface area contributed by atoms with Crippen molar-refractivity contribution in [2.24, 2.45) is 0 Å². The number of imidazole rings is 1. The second kappa shape index (κ2) is 5.69. The highest BCUT2D eigenvalue weighted by Crippen LogP contribution is 2.26. The number of pyridine rings is 1. The molecule has 3 heteroatoms. The van der Waals surface area contributed by atoms with E-state index < -0.39 is 0 Å². The maximum absolute atomic E-state index is 4.84. The van der Waals surface area contributed by atoms with E-state index >= 15 is 0 Å². The van der Waals surface area contributed by atoms with Gasteiger partial charge in [-0.2, -0.15) is 0 Å². The van der Waals surface area contributed by atoms with Crippen molar-refractivity contribution in [3.63, 3.8) is 0 Å². The van der Waals surface area contributed by atoms with Gasteiger partial charge >= 0.3 is 0 Å². The Morgan fingerprint density at radius 1 is 0.870 bits per heavy atom. The highest BCUT2D eigenvalue weighted by atomic mass is 15.1. The van der Waals surface area contributed by atoms with Crippen LogP contribution in [0.2, 0.25) is 0 Å². The fourth-order valence-electron chi connectivity index (χ4n) is 2.91. The van der Waals surface area contributed by atoms with Gasteiger partial charge in [0.2, 0.25) is 0 Å². The molecule has 0 atom stereocenters. The summed E-state index contributed by atoms with van der Waals surface area (Å²) in [5, 5.41) is 0. The average Bonchev–Trinajstić information content (AvgIpc) is 2.96. The molecule has 0 unspecified atom stereocenters. The van der Waals surface area contributed by atoms with Gasteiger partial charge in [-0.15, -0.1) is 0 Å². The molecule has 0 fully saturated rings. The first kappa shape index (κ1) is 13.7. The number of aryl methyl sites for hydroxylation is 1. The Morgan fingerprint density at radius 2 is 1.61 bits per heavy atom. The molecule has 0 saturated heterocycles. The normalized spacial score (nSPS) is 11.0. The maximum Gasteiger partial charge on any atom is 0.141 e. The predicted octanol–water partition coefficient (Wildman–Crippen LogP) is 4.46. The van der Waals surface area contributed by atoms with Crippen molar-refractivity contribution in [3.05, 3.63) is 84.2 Å². The van der Waals surface area contributed by atoms with Crippen LogP contribution in [0.25, 0.3) is 22.4 Å². The fourth-order valence-corrected chi connectivity index (χ4v) is 2.91. The van der Waals surface area contributed by atoms with Crippen LogP contribution in [0.4, 0.5) is 0 Å². The van der Waals surface area contributed by atoms with Gasteiger partial charge in [-0.25, -0.2) is 4.98 Å². The molecule has 4 rings (SSSR count). The quantitative estimate of drug-likeness (QED) is 0.559. The van der Waals surface area contributed by atoms with Crippen molar-refractivity contribution in [3.8, 4) is 11.4 Å². The van der Waals surface area contributed by atoms with Crippen LogP contribution in [-0.4, -0.2) is 14.5 Å². The lowest BCUT2D eigenvalue weighted by Gasteiger charge is -2.11. The van der Waals surface area contributed by atoms with Crippen LogP contribution in [0.1, 0.15) is 11.1 Å². The standard InChI is InChI=1S/C20H17N3/c1-15-6-2-3-7-17(15)14-23-19-9-5-4-8-18(19)22-20(23)16-10-12-21-13-11-16/h2-13H,14H2,1H3. The van der Waals surface area contributed by atoms with Crippen LogP contribution in [0.3, 0.4) is 0 Å². The molecule has 0 saturated carbocycles. The van der Waals surface area contributed by atoms with Gasteiger partial charge in [0, 0.05) is 24.5 Å². The third kappa shape index (κ3) is 2.50. The molecule has 0 aliphatic heterocycles.